The Hall–Kier alpha value is -1.31. The first-order valence-electron chi connectivity index (χ1n) is 8.48. The summed E-state index contributed by atoms with van der Waals surface area (Å²) in [6, 6.07) is 5.63. The van der Waals surface area contributed by atoms with Crippen molar-refractivity contribution in [1.82, 2.24) is 0 Å². The van der Waals surface area contributed by atoms with Crippen LogP contribution in [0.15, 0.2) is 24.3 Å². The van der Waals surface area contributed by atoms with Gasteiger partial charge in [-0.1, -0.05) is 37.8 Å². The van der Waals surface area contributed by atoms with Crippen molar-refractivity contribution in [2.45, 2.75) is 51.0 Å². The standard InChI is InChI=1S/C17H27ClN2O4S/c18-11-5-3-1-2-4-6-12-25(23,24)20-15-9-7-14(8-10-15)13-16(19)17(21)22/h7-10,16,20H,1-6,11-13,19H2,(H,21,22)/t16-/m0/s1. The van der Waals surface area contributed by atoms with E-state index in [4.69, 9.17) is 22.4 Å². The molecule has 0 spiro atoms. The summed E-state index contributed by atoms with van der Waals surface area (Å²) in [5.41, 5.74) is 6.69. The smallest absolute Gasteiger partial charge is 0.320 e. The topological polar surface area (TPSA) is 109 Å². The van der Waals surface area contributed by atoms with E-state index in [9.17, 15) is 13.2 Å². The Morgan fingerprint density at radius 1 is 1.08 bits per heavy atom. The SMILES string of the molecule is N[C@@H](Cc1ccc(NS(=O)(=O)CCCCCCCCCl)cc1)C(=O)O. The monoisotopic (exact) mass is 390 g/mol. The largest absolute Gasteiger partial charge is 0.480 e. The third kappa shape index (κ3) is 9.67. The van der Waals surface area contributed by atoms with Crippen LogP contribution in [-0.2, 0) is 21.2 Å². The van der Waals surface area contributed by atoms with Crippen LogP contribution in [0.1, 0.15) is 44.1 Å². The highest BCUT2D eigenvalue weighted by atomic mass is 35.5. The number of carbonyl (C=O) groups is 1. The second-order valence-corrected chi connectivity index (χ2v) is 8.30. The summed E-state index contributed by atoms with van der Waals surface area (Å²) in [6.45, 7) is 0. The Morgan fingerprint density at radius 3 is 2.20 bits per heavy atom. The van der Waals surface area contributed by atoms with Gasteiger partial charge in [-0.15, -0.1) is 11.6 Å². The fraction of sp³-hybridized carbons (Fsp3) is 0.588. The average Bonchev–Trinajstić information content (AvgIpc) is 2.55. The molecular formula is C17H27ClN2O4S. The van der Waals surface area contributed by atoms with Crippen molar-refractivity contribution in [2.24, 2.45) is 5.73 Å². The number of carboxylic acids is 1. The van der Waals surface area contributed by atoms with Crippen LogP contribution >= 0.6 is 11.6 Å². The molecule has 0 radical (unpaired) electrons. The van der Waals surface area contributed by atoms with Gasteiger partial charge >= 0.3 is 5.97 Å². The molecule has 1 rings (SSSR count). The van der Waals surface area contributed by atoms with Gasteiger partial charge in [0.05, 0.1) is 5.75 Å². The third-order valence-electron chi connectivity index (χ3n) is 3.80. The van der Waals surface area contributed by atoms with E-state index in [0.717, 1.165) is 37.7 Å². The normalized spacial score (nSPS) is 12.7. The number of carboxylic acid groups (broad SMARTS) is 1. The molecule has 4 N–H and O–H groups in total. The van der Waals surface area contributed by atoms with Crippen LogP contribution in [0.2, 0.25) is 0 Å². The lowest BCUT2D eigenvalue weighted by Gasteiger charge is -2.10. The Labute approximate surface area is 154 Å². The van der Waals surface area contributed by atoms with Gasteiger partial charge in [-0.25, -0.2) is 8.42 Å². The van der Waals surface area contributed by atoms with Crippen molar-refractivity contribution in [1.29, 1.82) is 0 Å². The molecular weight excluding hydrogens is 364 g/mol. The lowest BCUT2D eigenvalue weighted by atomic mass is 10.1. The van der Waals surface area contributed by atoms with E-state index in [-0.39, 0.29) is 12.2 Å². The number of hydrogen-bond acceptors (Lipinski definition) is 4. The van der Waals surface area contributed by atoms with Crippen molar-refractivity contribution in [3.8, 4) is 0 Å². The van der Waals surface area contributed by atoms with Gasteiger partial charge in [0, 0.05) is 11.6 Å². The van der Waals surface area contributed by atoms with E-state index in [1.165, 1.54) is 0 Å². The van der Waals surface area contributed by atoms with Crippen molar-refractivity contribution in [2.75, 3.05) is 16.4 Å². The minimum atomic E-state index is -3.37. The molecule has 1 aromatic carbocycles. The lowest BCUT2D eigenvalue weighted by Crippen LogP contribution is -2.32. The van der Waals surface area contributed by atoms with Crippen molar-refractivity contribution < 1.29 is 18.3 Å². The van der Waals surface area contributed by atoms with Crippen molar-refractivity contribution >= 4 is 33.3 Å². The summed E-state index contributed by atoms with van der Waals surface area (Å²) in [7, 11) is -3.37. The first kappa shape index (κ1) is 21.7. The zero-order valence-electron chi connectivity index (χ0n) is 14.3. The zero-order chi connectivity index (χ0) is 18.7. The first-order chi connectivity index (χ1) is 11.8. The quantitative estimate of drug-likeness (QED) is 0.354. The van der Waals surface area contributed by atoms with Gasteiger partial charge < -0.3 is 10.8 Å². The van der Waals surface area contributed by atoms with E-state index in [2.05, 4.69) is 4.72 Å². The molecule has 25 heavy (non-hydrogen) atoms. The molecule has 142 valence electrons. The maximum atomic E-state index is 12.1. The predicted molar refractivity (Wildman–Crippen MR) is 102 cm³/mol. The molecule has 0 saturated carbocycles. The number of halogens is 1. The molecule has 8 heteroatoms. The lowest BCUT2D eigenvalue weighted by molar-refractivity contribution is -0.138. The van der Waals surface area contributed by atoms with Crippen LogP contribution in [0, 0.1) is 0 Å². The number of hydrogen-bond donors (Lipinski definition) is 3. The molecule has 0 saturated heterocycles. The van der Waals surface area contributed by atoms with Gasteiger partial charge in [0.1, 0.15) is 6.04 Å². The van der Waals surface area contributed by atoms with Crippen molar-refractivity contribution in [3.63, 3.8) is 0 Å². The van der Waals surface area contributed by atoms with Gasteiger partial charge in [0.2, 0.25) is 10.0 Å². The van der Waals surface area contributed by atoms with E-state index in [1.807, 2.05) is 0 Å². The number of unbranched alkanes of at least 4 members (excludes halogenated alkanes) is 5. The number of sulfonamides is 1. The van der Waals surface area contributed by atoms with E-state index >= 15 is 0 Å². The Balaban J connectivity index is 2.37. The van der Waals surface area contributed by atoms with E-state index in [1.54, 1.807) is 24.3 Å². The fourth-order valence-corrected chi connectivity index (χ4v) is 3.74. The van der Waals surface area contributed by atoms with Crippen LogP contribution in [0.25, 0.3) is 0 Å². The molecule has 0 aliphatic heterocycles. The zero-order valence-corrected chi connectivity index (χ0v) is 15.9. The molecule has 1 atom stereocenters. The molecule has 0 aliphatic rings. The average molecular weight is 391 g/mol. The maximum Gasteiger partial charge on any atom is 0.320 e. The highest BCUT2D eigenvalue weighted by Crippen LogP contribution is 2.14. The number of benzene rings is 1. The van der Waals surface area contributed by atoms with Gasteiger partial charge in [0.15, 0.2) is 0 Å². The second-order valence-electron chi connectivity index (χ2n) is 6.08. The molecule has 0 aromatic heterocycles. The first-order valence-corrected chi connectivity index (χ1v) is 10.7. The third-order valence-corrected chi connectivity index (χ3v) is 5.44. The number of aliphatic carboxylic acids is 1. The summed E-state index contributed by atoms with van der Waals surface area (Å²) in [6.07, 6.45) is 5.91. The second kappa shape index (κ2) is 11.3. The molecule has 0 unspecified atom stereocenters. The number of alkyl halides is 1. The van der Waals surface area contributed by atoms with E-state index in [0.29, 0.717) is 18.0 Å². The number of rotatable bonds is 13. The Kier molecular flexibility index (Phi) is 9.85. The number of anilines is 1. The molecule has 0 bridgehead atoms. The number of nitrogens with one attached hydrogen (secondary N) is 1. The van der Waals surface area contributed by atoms with Gasteiger partial charge in [0.25, 0.3) is 0 Å². The summed E-state index contributed by atoms with van der Waals surface area (Å²) in [5, 5.41) is 8.79. The molecule has 0 heterocycles. The highest BCUT2D eigenvalue weighted by Gasteiger charge is 2.13. The predicted octanol–water partition coefficient (Wildman–Crippen LogP) is 2.96. The summed E-state index contributed by atoms with van der Waals surface area (Å²) in [5.74, 6) is -0.291. The van der Waals surface area contributed by atoms with Crippen LogP contribution < -0.4 is 10.5 Å². The molecule has 1 aromatic rings. The highest BCUT2D eigenvalue weighted by molar-refractivity contribution is 7.92. The Bertz CT molecular complexity index is 620. The van der Waals surface area contributed by atoms with Crippen LogP contribution in [-0.4, -0.2) is 37.2 Å². The van der Waals surface area contributed by atoms with E-state index < -0.39 is 22.0 Å². The van der Waals surface area contributed by atoms with Crippen LogP contribution in [0.5, 0.6) is 0 Å². The van der Waals surface area contributed by atoms with Gasteiger partial charge in [-0.3, -0.25) is 9.52 Å². The molecule has 6 nitrogen and oxygen atoms in total. The molecule has 0 fully saturated rings. The summed E-state index contributed by atoms with van der Waals surface area (Å²) < 4.78 is 26.7. The maximum absolute atomic E-state index is 12.1. The molecule has 0 aliphatic carbocycles. The summed E-state index contributed by atoms with van der Waals surface area (Å²) >= 11 is 5.61. The van der Waals surface area contributed by atoms with Crippen LogP contribution in [0.3, 0.4) is 0 Å². The van der Waals surface area contributed by atoms with Gasteiger partial charge in [-0.05, 0) is 37.0 Å². The minimum Gasteiger partial charge on any atom is -0.480 e. The minimum absolute atomic E-state index is 0.0914. The van der Waals surface area contributed by atoms with Gasteiger partial charge in [-0.2, -0.15) is 0 Å². The number of nitrogens with two attached hydrogens (primary N) is 1. The van der Waals surface area contributed by atoms with Crippen molar-refractivity contribution in [3.05, 3.63) is 29.8 Å². The molecule has 0 amide bonds. The van der Waals surface area contributed by atoms with Crippen LogP contribution in [0.4, 0.5) is 5.69 Å². The summed E-state index contributed by atoms with van der Waals surface area (Å²) in [4.78, 5) is 10.7. The fourth-order valence-electron chi connectivity index (χ4n) is 2.37. The Morgan fingerprint density at radius 2 is 1.64 bits per heavy atom.